The van der Waals surface area contributed by atoms with Crippen LogP contribution in [0.3, 0.4) is 0 Å². The van der Waals surface area contributed by atoms with Crippen molar-refractivity contribution >= 4 is 109 Å². The van der Waals surface area contributed by atoms with E-state index in [9.17, 15) is 0 Å². The molecule has 8 aliphatic carbocycles. The molecule has 0 saturated heterocycles. The number of fused-ring (bicyclic) bond motifs is 59. The summed E-state index contributed by atoms with van der Waals surface area (Å²) in [4.78, 5) is 19.5. The molecule has 8 heteroatoms. The maximum absolute atomic E-state index is 4.89. The van der Waals surface area contributed by atoms with Gasteiger partial charge in [0.25, 0.3) is 0 Å². The number of para-hydroxylation sites is 4. The standard InChI is InChI=1S/4C29H18N2.13C2H6/c1-3-9-19-17(7-1)16-23-25(19)22-15-18-8-2-4-10-20(18)26(22)27-21-11-5-6-12-24(21)31-14-13-30-29(31)28(23)27;1-3-9-19-17(7-1)15-22-25(19)26-20-10-4-2-8-18(20)16-23(26)28-27(22)21-11-5-6-12-24(21)31-14-13-30-29(28)31;1-3-9-19-17(7-1)15-22-23-16-18-8-2-4-10-20(18)26(23)28-27(25(19)22)21-11-5-6-12-24(21)31-14-13-30-29(28)31;1-2-6-19-17(5-1)15-18-9-10-20-21-11-12-23-22-7-3-4-8-26(22)31-14-13-30-29(31)28(23)25(21)16-24(20)27(18)19;13*1-2/h4*1-14H,15-16H2;13*1-2H3. The number of pyridine rings is 4. The lowest BCUT2D eigenvalue weighted by atomic mass is 9.87. The molecule has 0 N–H and O–H groups in total. The monoisotopic (exact) mass is 1970 g/mol. The molecule has 0 aliphatic heterocycles. The van der Waals surface area contributed by atoms with Gasteiger partial charge in [-0.1, -0.05) is 447 Å². The molecule has 8 aromatic heterocycles. The number of aromatic nitrogens is 8. The third-order valence-corrected chi connectivity index (χ3v) is 29.3. The molecule has 0 spiro atoms. The molecule has 0 fully saturated rings. The van der Waals surface area contributed by atoms with E-state index in [2.05, 4.69) is 334 Å². The second-order valence-corrected chi connectivity index (χ2v) is 35.1. The minimum Gasteiger partial charge on any atom is -0.299 e. The molecule has 24 aromatic rings. The van der Waals surface area contributed by atoms with Gasteiger partial charge < -0.3 is 0 Å². The number of hydrogen-bond donors (Lipinski definition) is 0. The van der Waals surface area contributed by atoms with Gasteiger partial charge in [0.05, 0.1) is 22.1 Å². The first kappa shape index (κ1) is 107. The van der Waals surface area contributed by atoms with E-state index >= 15 is 0 Å². The Labute approximate surface area is 890 Å². The summed E-state index contributed by atoms with van der Waals surface area (Å²) in [6, 6.07) is 107. The molecular weight excluding hydrogens is 1820 g/mol. The highest BCUT2D eigenvalue weighted by atomic mass is 15.0. The Balaban J connectivity index is 0.000000132. The lowest BCUT2D eigenvalue weighted by molar-refractivity contribution is 1.17. The smallest absolute Gasteiger partial charge is 0.145 e. The predicted molar refractivity (Wildman–Crippen MR) is 654 cm³/mol. The molecule has 0 amide bonds. The molecule has 8 nitrogen and oxygen atoms in total. The number of benzene rings is 16. The van der Waals surface area contributed by atoms with Crippen molar-refractivity contribution in [3.8, 4) is 89.0 Å². The van der Waals surface area contributed by atoms with Gasteiger partial charge in [-0.25, -0.2) is 19.9 Å². The average Bonchev–Trinajstić information content (AvgIpc) is 1.53. The van der Waals surface area contributed by atoms with Crippen molar-refractivity contribution in [2.24, 2.45) is 0 Å². The van der Waals surface area contributed by atoms with Gasteiger partial charge in [0.1, 0.15) is 22.6 Å². The number of nitrogens with zero attached hydrogens (tertiary/aromatic N) is 8. The average molecular weight is 1970 g/mol. The van der Waals surface area contributed by atoms with E-state index in [1.54, 1.807) is 0 Å². The summed E-state index contributed by atoms with van der Waals surface area (Å²) < 4.78 is 9.07. The Morgan fingerprint density at radius 2 is 0.400 bits per heavy atom. The highest BCUT2D eigenvalue weighted by molar-refractivity contribution is 6.27. The van der Waals surface area contributed by atoms with E-state index in [0.717, 1.165) is 74.0 Å². The summed E-state index contributed by atoms with van der Waals surface area (Å²) in [6.45, 7) is 52.0. The van der Waals surface area contributed by atoms with Gasteiger partial charge >= 0.3 is 0 Å². The van der Waals surface area contributed by atoms with E-state index in [-0.39, 0.29) is 0 Å². The van der Waals surface area contributed by atoms with Crippen molar-refractivity contribution in [2.75, 3.05) is 0 Å². The van der Waals surface area contributed by atoms with Gasteiger partial charge in [-0.2, -0.15) is 0 Å². The number of imidazole rings is 4. The Bertz CT molecular complexity index is 9030. The van der Waals surface area contributed by atoms with Gasteiger partial charge in [-0.15, -0.1) is 0 Å². The van der Waals surface area contributed by atoms with Crippen LogP contribution in [0, 0.1) is 0 Å². The first-order chi connectivity index (χ1) is 74.6. The zero-order valence-corrected chi connectivity index (χ0v) is 93.6. The summed E-state index contributed by atoms with van der Waals surface area (Å²) in [6.07, 6.45) is 24.1. The van der Waals surface area contributed by atoms with E-state index in [1.807, 2.05) is 205 Å². The molecule has 8 aliphatic rings. The van der Waals surface area contributed by atoms with E-state index in [4.69, 9.17) is 19.9 Å². The van der Waals surface area contributed by atoms with Crippen LogP contribution >= 0.6 is 0 Å². The highest BCUT2D eigenvalue weighted by Crippen LogP contribution is 2.60. The quantitative estimate of drug-likeness (QED) is 0.142. The second-order valence-electron chi connectivity index (χ2n) is 35.1. The molecule has 0 atom stereocenters. The SMILES string of the molecule is CC.CC.CC.CC.CC.CC.CC.CC.CC.CC.CC.CC.CC.c1ccc2c(c1)Cc1c-2c2c(c3c1c1ccccc1n1ccnc31)Cc1ccccc1-2.c1ccc2c(c1)Cc1c-2c2c(c3c4ccccc4n4ccnc4c13)-c1ccccc1C2.c1ccc2c(c1)Cc1c3c(c4c(c1-2)c1ccccc1n1ccnc41)-c1ccccc1C3.c1ccc2c(c1)Cc1ccc3c(c1-2)Cc1c-3ccc2c3ccccc3n3ccnc3c12. The molecule has 0 saturated carbocycles. The maximum atomic E-state index is 4.89. The summed E-state index contributed by atoms with van der Waals surface area (Å²) >= 11 is 0. The second kappa shape index (κ2) is 48.1. The number of rotatable bonds is 0. The van der Waals surface area contributed by atoms with E-state index < -0.39 is 0 Å². The number of hydrogen-bond acceptors (Lipinski definition) is 4. The molecule has 0 unspecified atom stereocenters. The van der Waals surface area contributed by atoms with Crippen LogP contribution in [-0.4, -0.2) is 37.5 Å². The van der Waals surface area contributed by atoms with E-state index in [0.29, 0.717) is 0 Å². The van der Waals surface area contributed by atoms with Crippen molar-refractivity contribution < 1.29 is 0 Å². The fourth-order valence-corrected chi connectivity index (χ4v) is 24.5. The summed E-state index contributed by atoms with van der Waals surface area (Å²) in [5.74, 6) is 0. The van der Waals surface area contributed by atoms with Gasteiger partial charge in [0.2, 0.25) is 0 Å². The summed E-state index contributed by atoms with van der Waals surface area (Å²) in [5, 5.41) is 15.9. The molecule has 16 aromatic carbocycles. The fourth-order valence-electron chi connectivity index (χ4n) is 24.5. The van der Waals surface area contributed by atoms with Crippen LogP contribution in [0.5, 0.6) is 0 Å². The van der Waals surface area contributed by atoms with Crippen molar-refractivity contribution in [1.29, 1.82) is 0 Å². The van der Waals surface area contributed by atoms with Gasteiger partial charge in [-0.3, -0.25) is 17.6 Å². The minimum absolute atomic E-state index is 0.971. The lowest BCUT2D eigenvalue weighted by Gasteiger charge is -2.18. The Morgan fingerprint density at radius 3 is 0.800 bits per heavy atom. The molecule has 0 radical (unpaired) electrons. The Morgan fingerprint density at radius 1 is 0.147 bits per heavy atom. The van der Waals surface area contributed by atoms with Crippen molar-refractivity contribution in [3.05, 3.63) is 430 Å². The van der Waals surface area contributed by atoms with Crippen LogP contribution in [0.4, 0.5) is 0 Å². The van der Waals surface area contributed by atoms with Gasteiger partial charge in [0.15, 0.2) is 0 Å². The molecular formula is C142H150N8. The topological polar surface area (TPSA) is 69.2 Å². The van der Waals surface area contributed by atoms with Crippen LogP contribution in [-0.2, 0) is 51.4 Å². The van der Waals surface area contributed by atoms with Crippen LogP contribution in [0.2, 0.25) is 0 Å². The van der Waals surface area contributed by atoms with Crippen molar-refractivity contribution in [3.63, 3.8) is 0 Å². The van der Waals surface area contributed by atoms with E-state index in [1.165, 1.54) is 265 Å². The highest BCUT2D eigenvalue weighted by Gasteiger charge is 2.39. The predicted octanol–water partition coefficient (Wildman–Crippen LogP) is 40.5. The third kappa shape index (κ3) is 17.3. The largest absolute Gasteiger partial charge is 0.299 e. The first-order valence-corrected chi connectivity index (χ1v) is 56.7. The Hall–Kier alpha value is -15.6. The molecule has 758 valence electrons. The van der Waals surface area contributed by atoms with Crippen molar-refractivity contribution in [2.45, 2.75) is 231 Å². The molecule has 150 heavy (non-hydrogen) atoms. The van der Waals surface area contributed by atoms with Crippen LogP contribution in [0.15, 0.2) is 341 Å². The zero-order valence-electron chi connectivity index (χ0n) is 93.6. The normalized spacial score (nSPS) is 11.7. The van der Waals surface area contributed by atoms with Crippen LogP contribution in [0.25, 0.3) is 198 Å². The van der Waals surface area contributed by atoms with Crippen LogP contribution < -0.4 is 0 Å². The van der Waals surface area contributed by atoms with Crippen molar-refractivity contribution in [1.82, 2.24) is 37.5 Å². The van der Waals surface area contributed by atoms with Crippen LogP contribution in [0.1, 0.15) is 269 Å². The zero-order chi connectivity index (χ0) is 106. The molecule has 0 bridgehead atoms. The molecule has 8 heterocycles. The Kier molecular flexibility index (Phi) is 34.4. The fraction of sp³-hybridized carbons (Fsp3) is 0.239. The molecule has 32 rings (SSSR count). The van der Waals surface area contributed by atoms with Gasteiger partial charge in [0, 0.05) is 110 Å². The minimum atomic E-state index is 0.971. The summed E-state index contributed by atoms with van der Waals surface area (Å²) in [7, 11) is 0. The third-order valence-electron chi connectivity index (χ3n) is 29.3. The maximum Gasteiger partial charge on any atom is 0.145 e. The lowest BCUT2D eigenvalue weighted by Crippen LogP contribution is -1.98. The summed E-state index contributed by atoms with van der Waals surface area (Å²) in [5.41, 5.74) is 55.1. The van der Waals surface area contributed by atoms with Gasteiger partial charge in [-0.05, 0) is 258 Å². The first-order valence-electron chi connectivity index (χ1n) is 56.7.